The minimum Gasteiger partial charge on any atom is -0.399 e. The fraction of sp³-hybridized carbons (Fsp3) is 0.290. The molecular weight excluding hydrogens is 429 g/mol. The minimum absolute atomic E-state index is 0.139. The number of rotatable bonds is 5. The molecule has 0 N–H and O–H groups in total. The second kappa shape index (κ2) is 8.85. The zero-order valence-electron chi connectivity index (χ0n) is 21.4. The Kier molecular flexibility index (Phi) is 5.98. The predicted octanol–water partition coefficient (Wildman–Crippen LogP) is 6.77. The molecule has 4 heteroatoms. The first-order valence-corrected chi connectivity index (χ1v) is 12.5. The molecule has 3 aliphatic rings. The summed E-state index contributed by atoms with van der Waals surface area (Å²) in [5.41, 5.74) is 6.43. The Morgan fingerprint density at radius 1 is 1.03 bits per heavy atom. The number of hydrogen-bond acceptors (Lipinski definition) is 3. The van der Waals surface area contributed by atoms with Gasteiger partial charge in [-0.2, -0.15) is 0 Å². The quantitative estimate of drug-likeness (QED) is 0.361. The molecule has 2 unspecified atom stereocenters. The van der Waals surface area contributed by atoms with Crippen LogP contribution in [0.4, 0.5) is 11.4 Å². The van der Waals surface area contributed by atoms with Crippen molar-refractivity contribution in [2.24, 2.45) is 0 Å². The van der Waals surface area contributed by atoms with Crippen molar-refractivity contribution in [3.05, 3.63) is 114 Å². The Bertz CT molecular complexity index is 1240. The molecule has 2 atom stereocenters. The van der Waals surface area contributed by atoms with E-state index >= 15 is 0 Å². The van der Waals surface area contributed by atoms with Crippen LogP contribution >= 0.6 is 0 Å². The molecule has 2 aromatic carbocycles. The molecule has 2 aliphatic heterocycles. The van der Waals surface area contributed by atoms with E-state index in [2.05, 4.69) is 124 Å². The topological polar surface area (TPSA) is 21.7 Å². The lowest BCUT2D eigenvalue weighted by molar-refractivity contribution is 0.00578. The number of fused-ring (bicyclic) bond motifs is 3. The normalized spacial score (nSPS) is 24.5. The van der Waals surface area contributed by atoms with E-state index < -0.39 is 0 Å². The van der Waals surface area contributed by atoms with Gasteiger partial charge in [-0.25, -0.2) is 0 Å². The molecule has 0 radical (unpaired) electrons. The lowest BCUT2D eigenvalue weighted by Gasteiger charge is -2.33. The van der Waals surface area contributed by atoms with Crippen LogP contribution in [0, 0.1) is 0 Å². The Morgan fingerprint density at radius 3 is 2.40 bits per heavy atom. The maximum atomic E-state index is 6.38. The largest absolute Gasteiger partial charge is 0.494 e. The van der Waals surface area contributed by atoms with E-state index in [0.717, 1.165) is 11.0 Å². The molecule has 35 heavy (non-hydrogen) atoms. The third-order valence-electron chi connectivity index (χ3n) is 7.78. The van der Waals surface area contributed by atoms with Crippen molar-refractivity contribution in [3.63, 3.8) is 0 Å². The van der Waals surface area contributed by atoms with E-state index in [0.29, 0.717) is 0 Å². The number of allylic oxidation sites excluding steroid dienone is 6. The number of anilines is 2. The van der Waals surface area contributed by atoms with Gasteiger partial charge in [-0.05, 0) is 75.0 Å². The Labute approximate surface area is 210 Å². The van der Waals surface area contributed by atoms with Gasteiger partial charge in [0.15, 0.2) is 0 Å². The molecule has 2 aromatic rings. The summed E-state index contributed by atoms with van der Waals surface area (Å²) in [5.74, 6) is 0.210. The Balaban J connectivity index is 1.61. The van der Waals surface area contributed by atoms with Crippen molar-refractivity contribution in [3.8, 4) is 0 Å². The fourth-order valence-corrected chi connectivity index (χ4v) is 5.22. The van der Waals surface area contributed by atoms with Crippen molar-refractivity contribution < 1.29 is 9.31 Å². The summed E-state index contributed by atoms with van der Waals surface area (Å²) in [6, 6.07) is 17.5. The molecule has 1 aliphatic carbocycles. The molecule has 1 fully saturated rings. The third-order valence-corrected chi connectivity index (χ3v) is 7.78. The minimum atomic E-state index is -0.379. The van der Waals surface area contributed by atoms with E-state index in [1.807, 2.05) is 13.0 Å². The second-order valence-corrected chi connectivity index (χ2v) is 10.4. The Hall–Kier alpha value is -3.08. The van der Waals surface area contributed by atoms with Crippen LogP contribution in [0.25, 0.3) is 0 Å². The molecule has 0 aromatic heterocycles. The Morgan fingerprint density at radius 2 is 1.74 bits per heavy atom. The number of para-hydroxylation sites is 1. The first-order chi connectivity index (χ1) is 16.8. The van der Waals surface area contributed by atoms with Gasteiger partial charge in [-0.1, -0.05) is 79.4 Å². The molecule has 2 heterocycles. The van der Waals surface area contributed by atoms with E-state index in [1.54, 1.807) is 0 Å². The monoisotopic (exact) mass is 463 g/mol. The van der Waals surface area contributed by atoms with Crippen molar-refractivity contribution in [1.29, 1.82) is 0 Å². The summed E-state index contributed by atoms with van der Waals surface area (Å²) in [5, 5.41) is 0. The lowest BCUT2D eigenvalue weighted by Crippen LogP contribution is -2.41. The van der Waals surface area contributed by atoms with E-state index in [9.17, 15) is 0 Å². The summed E-state index contributed by atoms with van der Waals surface area (Å²) in [6.45, 7) is 14.6. The highest BCUT2D eigenvalue weighted by molar-refractivity contribution is 6.62. The fourth-order valence-electron chi connectivity index (χ4n) is 5.22. The molecule has 1 saturated heterocycles. The highest BCUT2D eigenvalue weighted by atomic mass is 16.7. The molecular formula is C31H34BNO2. The maximum Gasteiger partial charge on any atom is 0.494 e. The van der Waals surface area contributed by atoms with Crippen molar-refractivity contribution in [1.82, 2.24) is 0 Å². The van der Waals surface area contributed by atoms with Crippen LogP contribution in [0.15, 0.2) is 109 Å². The van der Waals surface area contributed by atoms with Crippen LogP contribution in [-0.4, -0.2) is 24.4 Å². The second-order valence-electron chi connectivity index (χ2n) is 10.4. The van der Waals surface area contributed by atoms with Crippen molar-refractivity contribution in [2.75, 3.05) is 4.90 Å². The van der Waals surface area contributed by atoms with Crippen LogP contribution in [0.1, 0.15) is 46.1 Å². The highest BCUT2D eigenvalue weighted by Gasteiger charge is 2.52. The lowest BCUT2D eigenvalue weighted by atomic mass is 9.76. The first kappa shape index (κ1) is 23.7. The molecule has 178 valence electrons. The van der Waals surface area contributed by atoms with Gasteiger partial charge in [-0.3, -0.25) is 0 Å². The summed E-state index contributed by atoms with van der Waals surface area (Å²) < 4.78 is 12.8. The SMILES string of the molecule is C=C/C(=C\C=C/C)C1=CC=CC2c3cc(B4OC(C)(C)C(C)(C)O4)ccc3N(c3ccccc3)C12. The summed E-state index contributed by atoms with van der Waals surface area (Å²) >= 11 is 0. The van der Waals surface area contributed by atoms with Gasteiger partial charge in [-0.15, -0.1) is 0 Å². The zero-order chi connectivity index (χ0) is 24.8. The predicted molar refractivity (Wildman–Crippen MR) is 148 cm³/mol. The van der Waals surface area contributed by atoms with E-state index in [4.69, 9.17) is 9.31 Å². The van der Waals surface area contributed by atoms with E-state index in [1.165, 1.54) is 22.5 Å². The standard InChI is InChI=1S/C31H34BNO2/c1-7-9-14-22(8-2)25-17-13-18-26-27-21-23(32-34-30(3,4)31(5,6)35-32)19-20-28(27)33(29(25)26)24-15-11-10-12-16-24/h7-21,26,29H,2H2,1,3-6H3/b9-7-,22-14+. The van der Waals surface area contributed by atoms with Crippen molar-refractivity contribution >= 4 is 24.0 Å². The molecule has 0 amide bonds. The van der Waals surface area contributed by atoms with Crippen LogP contribution in [0.5, 0.6) is 0 Å². The summed E-state index contributed by atoms with van der Waals surface area (Å²) in [4.78, 5) is 2.47. The number of benzene rings is 2. The van der Waals surface area contributed by atoms with E-state index in [-0.39, 0.29) is 30.3 Å². The molecule has 0 bridgehead atoms. The van der Waals surface area contributed by atoms with Crippen LogP contribution in [0.3, 0.4) is 0 Å². The first-order valence-electron chi connectivity index (χ1n) is 12.5. The van der Waals surface area contributed by atoms with Gasteiger partial charge >= 0.3 is 7.12 Å². The van der Waals surface area contributed by atoms with Gasteiger partial charge < -0.3 is 14.2 Å². The smallest absolute Gasteiger partial charge is 0.399 e. The van der Waals surface area contributed by atoms with Crippen LogP contribution in [0.2, 0.25) is 0 Å². The van der Waals surface area contributed by atoms with Crippen LogP contribution in [-0.2, 0) is 9.31 Å². The van der Waals surface area contributed by atoms with Crippen molar-refractivity contribution in [2.45, 2.75) is 57.8 Å². The number of nitrogens with zero attached hydrogens (tertiary/aromatic N) is 1. The van der Waals surface area contributed by atoms with Gasteiger partial charge in [0.2, 0.25) is 0 Å². The summed E-state index contributed by atoms with van der Waals surface area (Å²) in [7, 11) is -0.379. The third kappa shape index (κ3) is 3.95. The molecule has 0 spiro atoms. The van der Waals surface area contributed by atoms with Gasteiger partial charge in [0.25, 0.3) is 0 Å². The average molecular weight is 463 g/mol. The summed E-state index contributed by atoms with van der Waals surface area (Å²) in [6.07, 6.45) is 15.0. The molecule has 3 nitrogen and oxygen atoms in total. The van der Waals surface area contributed by atoms with Gasteiger partial charge in [0.05, 0.1) is 17.2 Å². The maximum absolute atomic E-state index is 6.38. The number of hydrogen-bond donors (Lipinski definition) is 0. The zero-order valence-corrected chi connectivity index (χ0v) is 21.4. The van der Waals surface area contributed by atoms with Gasteiger partial charge in [0, 0.05) is 17.3 Å². The molecule has 0 saturated carbocycles. The highest BCUT2D eigenvalue weighted by Crippen LogP contribution is 2.50. The van der Waals surface area contributed by atoms with Crippen LogP contribution < -0.4 is 10.4 Å². The molecule has 5 rings (SSSR count). The van der Waals surface area contributed by atoms with Gasteiger partial charge in [0.1, 0.15) is 0 Å². The average Bonchev–Trinajstić information content (AvgIpc) is 3.29.